The number of aromatic nitrogens is 2. The summed E-state index contributed by atoms with van der Waals surface area (Å²) in [6.07, 6.45) is 2.54. The summed E-state index contributed by atoms with van der Waals surface area (Å²) in [5.41, 5.74) is 8.01. The molecule has 4 rings (SSSR count). The molecule has 0 atom stereocenters. The average molecular weight is 924 g/mol. The molecule has 0 spiro atoms. The first-order valence-corrected chi connectivity index (χ1v) is 20.2. The van der Waals surface area contributed by atoms with Crippen LogP contribution in [0.15, 0.2) is 72.5 Å². The van der Waals surface area contributed by atoms with Crippen molar-refractivity contribution in [2.45, 2.75) is 135 Å². The average Bonchev–Trinajstić information content (AvgIpc) is 3.02. The molecule has 0 unspecified atom stereocenters. The maximum absolute atomic E-state index is 12.3. The van der Waals surface area contributed by atoms with Gasteiger partial charge in [-0.15, -0.1) is 29.1 Å². The van der Waals surface area contributed by atoms with Crippen molar-refractivity contribution in [3.05, 3.63) is 95.4 Å². The van der Waals surface area contributed by atoms with E-state index in [9.17, 15) is 9.90 Å². The van der Waals surface area contributed by atoms with E-state index < -0.39 is 0 Å². The Kier molecular flexibility index (Phi) is 16.9. The summed E-state index contributed by atoms with van der Waals surface area (Å²) in [6.45, 7) is 36.8. The quantitative estimate of drug-likeness (QED) is 0.0978. The largest absolute Gasteiger partial charge is 0.512 e. The Bertz CT molecular complexity index is 1860. The van der Waals surface area contributed by atoms with Gasteiger partial charge in [-0.2, -0.15) is 10.2 Å². The fourth-order valence-electron chi connectivity index (χ4n) is 7.92. The van der Waals surface area contributed by atoms with Crippen LogP contribution in [0, 0.1) is 47.0 Å². The summed E-state index contributed by atoms with van der Waals surface area (Å²) >= 11 is 0. The third-order valence-corrected chi connectivity index (χ3v) is 10.2. The third-order valence-electron chi connectivity index (χ3n) is 10.2. The van der Waals surface area contributed by atoms with Gasteiger partial charge >= 0.3 is 0 Å². The number of aliphatic hydroxyl groups excluding tert-OH is 1. The van der Waals surface area contributed by atoms with E-state index in [4.69, 9.17) is 10.2 Å². The molecule has 4 aromatic rings. The van der Waals surface area contributed by atoms with Gasteiger partial charge in [0.15, 0.2) is 5.78 Å². The number of ketones is 1. The number of hydrogen-bond acceptors (Lipinski definition) is 4. The van der Waals surface area contributed by atoms with Crippen molar-refractivity contribution in [2.75, 3.05) is 0 Å². The Morgan fingerprint density at radius 2 is 1.24 bits per heavy atom. The van der Waals surface area contributed by atoms with Gasteiger partial charge in [-0.3, -0.25) is 4.79 Å². The molecule has 3 aromatic carbocycles. The van der Waals surface area contributed by atoms with Crippen LogP contribution in [-0.2, 0) is 42.2 Å². The number of carbonyl (C=O) groups excluding carboxylic acids is 1. The van der Waals surface area contributed by atoms with Crippen molar-refractivity contribution < 1.29 is 30.0 Å². The van der Waals surface area contributed by atoms with Crippen LogP contribution < -0.4 is 0 Å². The number of allylic oxidation sites excluding steroid dienone is 2. The minimum Gasteiger partial charge on any atom is -0.512 e. The molecule has 55 heavy (non-hydrogen) atoms. The van der Waals surface area contributed by atoms with Crippen molar-refractivity contribution in [3.8, 4) is 22.4 Å². The summed E-state index contributed by atoms with van der Waals surface area (Å²) in [6, 6.07) is 25.6. The van der Waals surface area contributed by atoms with E-state index >= 15 is 0 Å². The molecule has 303 valence electrons. The Morgan fingerprint density at radius 1 is 0.709 bits per heavy atom. The van der Waals surface area contributed by atoms with Crippen LogP contribution in [0.25, 0.3) is 33.2 Å². The van der Waals surface area contributed by atoms with E-state index in [-0.39, 0.29) is 59.7 Å². The Labute approximate surface area is 348 Å². The van der Waals surface area contributed by atoms with Gasteiger partial charge in [-0.05, 0) is 52.0 Å². The molecule has 5 heteroatoms. The van der Waals surface area contributed by atoms with E-state index in [1.54, 1.807) is 0 Å². The standard InChI is InChI=1S/C33H39N2.C17H32O2.Ir/c1-31(2,3)21-22-14-16-23(17-15-22)27-20-29(34-35-30(27)33(7,8)9)25-18-24-12-10-11-13-26(24)28(19-25)32(4,5)6;1-10(2)16(11(3)4)14(18)9-15(19)17(12(5)6)13(7)8;/h10-17,19-20H,21H2,1-9H3;9-13,16-18H,1-8H3;/q-1;;/b;14-9-;. The van der Waals surface area contributed by atoms with Crippen molar-refractivity contribution in [2.24, 2.45) is 40.9 Å². The second kappa shape index (κ2) is 19.3. The van der Waals surface area contributed by atoms with Crippen molar-refractivity contribution in [3.63, 3.8) is 0 Å². The molecule has 0 saturated carbocycles. The number of aliphatic hydroxyl groups is 1. The monoisotopic (exact) mass is 925 g/mol. The van der Waals surface area contributed by atoms with Gasteiger partial charge in [0, 0.05) is 54.7 Å². The predicted molar refractivity (Wildman–Crippen MR) is 232 cm³/mol. The zero-order chi connectivity index (χ0) is 40.9. The number of fused-ring (bicyclic) bond motifs is 1. The molecule has 1 aromatic heterocycles. The van der Waals surface area contributed by atoms with Crippen LogP contribution >= 0.6 is 0 Å². The van der Waals surface area contributed by atoms with E-state index in [0.717, 1.165) is 34.3 Å². The van der Waals surface area contributed by atoms with Gasteiger partial charge in [-0.25, -0.2) is 0 Å². The molecule has 4 nitrogen and oxygen atoms in total. The molecule has 1 radical (unpaired) electrons. The van der Waals surface area contributed by atoms with Crippen LogP contribution in [0.5, 0.6) is 0 Å². The molecular weight excluding hydrogens is 853 g/mol. The van der Waals surface area contributed by atoms with E-state index in [1.807, 2.05) is 0 Å². The first kappa shape index (κ1) is 48.0. The van der Waals surface area contributed by atoms with Gasteiger partial charge in [0.05, 0.1) is 11.5 Å². The van der Waals surface area contributed by atoms with Gasteiger partial charge in [0.25, 0.3) is 0 Å². The second-order valence-electron chi connectivity index (χ2n) is 20.1. The van der Waals surface area contributed by atoms with Gasteiger partial charge in [0.2, 0.25) is 0 Å². The molecule has 0 aliphatic rings. The molecule has 0 fully saturated rings. The van der Waals surface area contributed by atoms with Gasteiger partial charge < -0.3 is 5.11 Å². The van der Waals surface area contributed by atoms with Crippen molar-refractivity contribution in [1.82, 2.24) is 10.2 Å². The minimum atomic E-state index is -0.116. The molecule has 0 saturated heterocycles. The SMILES string of the molecule is CC(C)(C)Cc1ccc(-c2cc(-c3[c-]c4ccccc4c(C(C)(C)C)c3)nnc2C(C)(C)C)cc1.CC(C)C(C(=O)/C=C(\O)C(C(C)C)C(C)C)C(C)C.[Ir]. The topological polar surface area (TPSA) is 63.1 Å². The van der Waals surface area contributed by atoms with Gasteiger partial charge in [0.1, 0.15) is 0 Å². The fourth-order valence-corrected chi connectivity index (χ4v) is 7.92. The summed E-state index contributed by atoms with van der Waals surface area (Å²) in [5.74, 6) is 1.63. The minimum absolute atomic E-state index is 0. The summed E-state index contributed by atoms with van der Waals surface area (Å²) in [7, 11) is 0. The number of carbonyl (C=O) groups is 1. The Balaban J connectivity index is 0.000000448. The first-order valence-electron chi connectivity index (χ1n) is 20.2. The van der Waals surface area contributed by atoms with Crippen molar-refractivity contribution in [1.29, 1.82) is 0 Å². The first-order chi connectivity index (χ1) is 24.8. The van der Waals surface area contributed by atoms with E-state index in [0.29, 0.717) is 23.7 Å². The third kappa shape index (κ3) is 13.2. The Hall–Kier alpha value is -3.14. The molecular formula is C50H71IrN2O2-. The van der Waals surface area contributed by atoms with Crippen LogP contribution in [0.4, 0.5) is 0 Å². The zero-order valence-corrected chi connectivity index (χ0v) is 39.5. The fraction of sp³-hybridized carbons (Fsp3) is 0.540. The summed E-state index contributed by atoms with van der Waals surface area (Å²) < 4.78 is 0. The van der Waals surface area contributed by atoms with E-state index in [2.05, 4.69) is 184 Å². The van der Waals surface area contributed by atoms with Crippen LogP contribution in [0.1, 0.15) is 135 Å². The predicted octanol–water partition coefficient (Wildman–Crippen LogP) is 13.8. The van der Waals surface area contributed by atoms with Crippen LogP contribution in [-0.4, -0.2) is 21.1 Å². The number of benzene rings is 3. The molecule has 1 N–H and O–H groups in total. The second-order valence-corrected chi connectivity index (χ2v) is 20.1. The maximum Gasteiger partial charge on any atom is 0.162 e. The summed E-state index contributed by atoms with van der Waals surface area (Å²) in [5, 5.41) is 22.1. The van der Waals surface area contributed by atoms with Crippen LogP contribution in [0.3, 0.4) is 0 Å². The number of rotatable bonds is 10. The summed E-state index contributed by atoms with van der Waals surface area (Å²) in [4.78, 5) is 12.3. The van der Waals surface area contributed by atoms with E-state index in [1.165, 1.54) is 28.2 Å². The normalized spacial score (nSPS) is 12.9. The zero-order valence-electron chi connectivity index (χ0n) is 37.1. The molecule has 1 heterocycles. The maximum atomic E-state index is 12.3. The molecule has 0 aliphatic carbocycles. The number of nitrogens with zero attached hydrogens (tertiary/aromatic N) is 2. The molecule has 0 amide bonds. The van der Waals surface area contributed by atoms with Gasteiger partial charge in [-0.1, -0.05) is 177 Å². The van der Waals surface area contributed by atoms with Crippen LogP contribution in [0.2, 0.25) is 0 Å². The Morgan fingerprint density at radius 3 is 1.71 bits per heavy atom. The molecule has 0 aliphatic heterocycles. The smallest absolute Gasteiger partial charge is 0.162 e. The number of hydrogen-bond donors (Lipinski definition) is 1. The van der Waals surface area contributed by atoms with Crippen molar-refractivity contribution >= 4 is 16.6 Å². The molecule has 0 bridgehead atoms.